The van der Waals surface area contributed by atoms with E-state index in [4.69, 9.17) is 0 Å². The van der Waals surface area contributed by atoms with Crippen LogP contribution in [0.1, 0.15) is 36.3 Å². The van der Waals surface area contributed by atoms with E-state index in [1.165, 1.54) is 4.90 Å². The van der Waals surface area contributed by atoms with Crippen molar-refractivity contribution in [1.29, 1.82) is 0 Å². The lowest BCUT2D eigenvalue weighted by Gasteiger charge is -2.19. The summed E-state index contributed by atoms with van der Waals surface area (Å²) in [5.41, 5.74) is 8.58. The highest BCUT2D eigenvalue weighted by Crippen LogP contribution is 2.23. The molecule has 0 aliphatic rings. The second-order valence-electron chi connectivity index (χ2n) is 6.36. The van der Waals surface area contributed by atoms with Crippen LogP contribution < -0.4 is 15.8 Å². The van der Waals surface area contributed by atoms with E-state index in [1.807, 2.05) is 52.0 Å². The van der Waals surface area contributed by atoms with Gasteiger partial charge in [-0.15, -0.1) is 0 Å². The van der Waals surface area contributed by atoms with Gasteiger partial charge in [-0.3, -0.25) is 19.8 Å². The Hall–Kier alpha value is -2.35. The zero-order valence-electron chi connectivity index (χ0n) is 15.6. The summed E-state index contributed by atoms with van der Waals surface area (Å²) in [5, 5.41) is 4.43. The molecule has 2 aromatic rings. The highest BCUT2D eigenvalue weighted by Gasteiger charge is 2.18. The molecule has 0 aliphatic heterocycles. The van der Waals surface area contributed by atoms with Crippen molar-refractivity contribution in [3.8, 4) is 0 Å². The van der Waals surface area contributed by atoms with Gasteiger partial charge in [0.05, 0.1) is 28.3 Å². The molecule has 0 radical (unpaired) electrons. The van der Waals surface area contributed by atoms with Crippen LogP contribution in [0.15, 0.2) is 28.7 Å². The molecule has 0 fully saturated rings. The Morgan fingerprint density at radius 1 is 1.19 bits per heavy atom. The third-order valence-corrected chi connectivity index (χ3v) is 5.32. The lowest BCUT2D eigenvalue weighted by molar-refractivity contribution is -0.122. The third kappa shape index (κ3) is 4.63. The summed E-state index contributed by atoms with van der Waals surface area (Å²) in [6.45, 7) is 7.73. The fourth-order valence-corrected chi connectivity index (χ4v) is 2.83. The first-order valence-corrected chi connectivity index (χ1v) is 9.10. The number of nitrogens with one attached hydrogen (secondary N) is 2. The quantitative estimate of drug-likeness (QED) is 0.742. The first kappa shape index (κ1) is 20.0. The summed E-state index contributed by atoms with van der Waals surface area (Å²) in [7, 11) is 1.64. The number of nitrogens with zero attached hydrogens (tertiary/aromatic N) is 3. The van der Waals surface area contributed by atoms with Gasteiger partial charge in [0.2, 0.25) is 5.91 Å². The number of hydrogen-bond donors (Lipinski definition) is 2. The first-order chi connectivity index (χ1) is 12.2. The Bertz CT molecular complexity index is 801. The highest BCUT2D eigenvalue weighted by atomic mass is 79.9. The Labute approximate surface area is 161 Å². The van der Waals surface area contributed by atoms with Gasteiger partial charge in [0.25, 0.3) is 0 Å². The molecule has 0 aliphatic carbocycles. The summed E-state index contributed by atoms with van der Waals surface area (Å²) in [5.74, 6) is -0.285. The van der Waals surface area contributed by atoms with Crippen molar-refractivity contribution in [2.45, 2.75) is 40.2 Å². The Morgan fingerprint density at radius 3 is 2.35 bits per heavy atom. The van der Waals surface area contributed by atoms with Crippen LogP contribution in [-0.2, 0) is 4.79 Å². The Morgan fingerprint density at radius 2 is 1.81 bits per heavy atom. The number of hydrazine groups is 1. The van der Waals surface area contributed by atoms with E-state index in [9.17, 15) is 9.59 Å². The maximum atomic E-state index is 12.2. The molecule has 140 valence electrons. The lowest BCUT2D eigenvalue weighted by Crippen LogP contribution is -2.48. The number of hydrogen-bond acceptors (Lipinski definition) is 3. The van der Waals surface area contributed by atoms with E-state index in [0.717, 1.165) is 27.1 Å². The van der Waals surface area contributed by atoms with E-state index < -0.39 is 6.03 Å². The van der Waals surface area contributed by atoms with Gasteiger partial charge in [0.15, 0.2) is 0 Å². The van der Waals surface area contributed by atoms with Crippen LogP contribution in [0.2, 0.25) is 0 Å². The number of rotatable bonds is 4. The molecule has 0 spiro atoms. The summed E-state index contributed by atoms with van der Waals surface area (Å²) in [6, 6.07) is 6.99. The molecule has 1 atom stereocenters. The van der Waals surface area contributed by atoms with Gasteiger partial charge in [-0.2, -0.15) is 5.10 Å². The normalized spacial score (nSPS) is 11.8. The average Bonchev–Trinajstić information content (AvgIpc) is 2.87. The molecule has 7 nitrogen and oxygen atoms in total. The fraction of sp³-hybridized carbons (Fsp3) is 0.389. The van der Waals surface area contributed by atoms with Crippen molar-refractivity contribution >= 4 is 33.6 Å². The predicted molar refractivity (Wildman–Crippen MR) is 105 cm³/mol. The lowest BCUT2D eigenvalue weighted by atomic mass is 10.2. The molecule has 0 unspecified atom stereocenters. The smallest absolute Gasteiger partial charge is 0.296 e. The number of aryl methyl sites for hydroxylation is 2. The molecule has 0 saturated heterocycles. The van der Waals surface area contributed by atoms with Crippen LogP contribution in [-0.4, -0.2) is 28.8 Å². The number of anilines is 1. The molecule has 1 aromatic carbocycles. The molecular weight excluding hydrogens is 398 g/mol. The van der Waals surface area contributed by atoms with Gasteiger partial charge < -0.3 is 0 Å². The van der Waals surface area contributed by atoms with Crippen molar-refractivity contribution in [3.63, 3.8) is 0 Å². The zero-order valence-corrected chi connectivity index (χ0v) is 17.2. The van der Waals surface area contributed by atoms with Gasteiger partial charge in [0, 0.05) is 12.7 Å². The molecule has 1 heterocycles. The van der Waals surface area contributed by atoms with Crippen molar-refractivity contribution < 1.29 is 9.59 Å². The Balaban J connectivity index is 1.88. The highest BCUT2D eigenvalue weighted by molar-refractivity contribution is 9.10. The molecule has 1 aromatic heterocycles. The van der Waals surface area contributed by atoms with Crippen molar-refractivity contribution in [2.24, 2.45) is 0 Å². The molecule has 2 N–H and O–H groups in total. The van der Waals surface area contributed by atoms with Crippen molar-refractivity contribution in [1.82, 2.24) is 20.6 Å². The van der Waals surface area contributed by atoms with Gasteiger partial charge in [-0.25, -0.2) is 10.2 Å². The van der Waals surface area contributed by atoms with Gasteiger partial charge in [-0.1, -0.05) is 17.7 Å². The number of aromatic nitrogens is 2. The zero-order chi connectivity index (χ0) is 19.4. The molecule has 3 amide bonds. The van der Waals surface area contributed by atoms with Crippen molar-refractivity contribution in [3.05, 3.63) is 45.7 Å². The fourth-order valence-electron chi connectivity index (χ4n) is 2.57. The number of carbonyl (C=O) groups excluding carboxylic acids is 2. The Kier molecular flexibility index (Phi) is 6.42. The monoisotopic (exact) mass is 421 g/mol. The molecular formula is C18H24BrN5O2. The second-order valence-corrected chi connectivity index (χ2v) is 7.15. The van der Waals surface area contributed by atoms with Crippen molar-refractivity contribution in [2.75, 3.05) is 11.9 Å². The predicted octanol–water partition coefficient (Wildman–Crippen LogP) is 3.40. The number of amides is 3. The van der Waals surface area contributed by atoms with Crippen LogP contribution in [0.25, 0.3) is 0 Å². The largest absolute Gasteiger partial charge is 0.340 e. The van der Waals surface area contributed by atoms with Gasteiger partial charge in [-0.05, 0) is 55.8 Å². The number of halogens is 1. The summed E-state index contributed by atoms with van der Waals surface area (Å²) in [6.07, 6.45) is 0.197. The van der Waals surface area contributed by atoms with E-state index in [2.05, 4.69) is 31.9 Å². The van der Waals surface area contributed by atoms with E-state index in [-0.39, 0.29) is 18.4 Å². The summed E-state index contributed by atoms with van der Waals surface area (Å²) < 4.78 is 2.75. The number of carbonyl (C=O) groups is 2. The molecule has 26 heavy (non-hydrogen) atoms. The molecule has 0 bridgehead atoms. The standard InChI is InChI=1S/C18H24BrN5O2/c1-11-6-8-15(9-7-11)23(5)18(26)21-20-16(25)10-12(2)24-14(4)17(19)13(3)22-24/h6-9,12H,10H2,1-5H3,(H,20,25)(H,21,26)/t12-/m0/s1. The van der Waals surface area contributed by atoms with E-state index in [1.54, 1.807) is 11.7 Å². The minimum absolute atomic E-state index is 0.133. The van der Waals surface area contributed by atoms with Crippen LogP contribution in [0.5, 0.6) is 0 Å². The number of urea groups is 1. The first-order valence-electron chi connectivity index (χ1n) is 8.31. The van der Waals surface area contributed by atoms with Crippen LogP contribution >= 0.6 is 15.9 Å². The van der Waals surface area contributed by atoms with Crippen LogP contribution in [0.4, 0.5) is 10.5 Å². The second kappa shape index (κ2) is 8.35. The third-order valence-electron chi connectivity index (χ3n) is 4.17. The average molecular weight is 422 g/mol. The van der Waals surface area contributed by atoms with Crippen LogP contribution in [0.3, 0.4) is 0 Å². The van der Waals surface area contributed by atoms with Gasteiger partial charge >= 0.3 is 6.03 Å². The minimum Gasteiger partial charge on any atom is -0.296 e. The molecule has 8 heteroatoms. The molecule has 2 rings (SSSR count). The van der Waals surface area contributed by atoms with Gasteiger partial charge in [0.1, 0.15) is 0 Å². The topological polar surface area (TPSA) is 79.3 Å². The van der Waals surface area contributed by atoms with E-state index in [0.29, 0.717) is 0 Å². The SMILES string of the molecule is Cc1ccc(N(C)C(=O)NNC(=O)C[C@H](C)n2nc(C)c(Br)c2C)cc1. The number of benzene rings is 1. The maximum Gasteiger partial charge on any atom is 0.340 e. The summed E-state index contributed by atoms with van der Waals surface area (Å²) in [4.78, 5) is 25.7. The minimum atomic E-state index is -0.413. The molecule has 0 saturated carbocycles. The van der Waals surface area contributed by atoms with Crippen LogP contribution in [0, 0.1) is 20.8 Å². The maximum absolute atomic E-state index is 12.2. The summed E-state index contributed by atoms with van der Waals surface area (Å²) >= 11 is 3.48. The van der Waals surface area contributed by atoms with E-state index >= 15 is 0 Å².